The Hall–Kier alpha value is -4.05. The van der Waals surface area contributed by atoms with Crippen LogP contribution >= 0.6 is 12.6 Å². The Kier molecular flexibility index (Phi) is 13.4. The predicted molar refractivity (Wildman–Crippen MR) is 139 cm³/mol. The van der Waals surface area contributed by atoms with Crippen LogP contribution in [0.15, 0.2) is 29.3 Å². The average Bonchev–Trinajstić information content (AvgIpc) is 2.84. The lowest BCUT2D eigenvalue weighted by Crippen LogP contribution is -2.58. The average molecular weight is 556 g/mol. The van der Waals surface area contributed by atoms with Crippen molar-refractivity contribution in [2.45, 2.75) is 49.9 Å². The van der Waals surface area contributed by atoms with Gasteiger partial charge < -0.3 is 48.5 Å². The summed E-state index contributed by atoms with van der Waals surface area (Å²) in [6, 6.07) is 0.429. The monoisotopic (exact) mass is 555 g/mol. The lowest BCUT2D eigenvalue weighted by atomic mass is 10.0. The molecule has 0 spiro atoms. The molecule has 0 aliphatic carbocycles. The van der Waals surface area contributed by atoms with Crippen LogP contribution in [0.4, 0.5) is 0 Å². The van der Waals surface area contributed by atoms with E-state index in [4.69, 9.17) is 22.3 Å². The molecule has 38 heavy (non-hydrogen) atoms. The highest BCUT2D eigenvalue weighted by Gasteiger charge is 2.30. The minimum atomic E-state index is -1.44. The molecule has 0 aromatic heterocycles. The molecule has 0 aliphatic rings. The summed E-state index contributed by atoms with van der Waals surface area (Å²) < 4.78 is 0. The molecule has 4 unspecified atom stereocenters. The van der Waals surface area contributed by atoms with Crippen LogP contribution in [0.3, 0.4) is 0 Å². The fourth-order valence-corrected chi connectivity index (χ4v) is 3.39. The van der Waals surface area contributed by atoms with Crippen LogP contribution in [0, 0.1) is 0 Å². The largest absolute Gasteiger partial charge is 0.508 e. The topological polar surface area (TPSA) is 273 Å². The Balaban J connectivity index is 3.15. The molecule has 0 bridgehead atoms. The van der Waals surface area contributed by atoms with Gasteiger partial charge in [0, 0.05) is 18.7 Å². The van der Waals surface area contributed by atoms with Gasteiger partial charge in [0.15, 0.2) is 5.96 Å². The van der Waals surface area contributed by atoms with Crippen LogP contribution in [-0.2, 0) is 30.4 Å². The van der Waals surface area contributed by atoms with E-state index in [9.17, 15) is 34.2 Å². The molecular formula is C22H33N7O8S. The van der Waals surface area contributed by atoms with Crippen molar-refractivity contribution in [3.63, 3.8) is 0 Å². The molecule has 1 aromatic carbocycles. The highest BCUT2D eigenvalue weighted by atomic mass is 32.1. The molecule has 0 heterocycles. The molecule has 15 nitrogen and oxygen atoms in total. The number of carbonyl (C=O) groups is 5. The molecule has 0 saturated carbocycles. The number of aliphatic carboxylic acids is 2. The maximum Gasteiger partial charge on any atom is 0.327 e. The minimum Gasteiger partial charge on any atom is -0.508 e. The number of hydrogen-bond donors (Lipinski definition) is 10. The normalized spacial score (nSPS) is 13.7. The van der Waals surface area contributed by atoms with Gasteiger partial charge in [0.05, 0.1) is 12.5 Å². The zero-order valence-corrected chi connectivity index (χ0v) is 21.3. The number of hydrogen-bond acceptors (Lipinski definition) is 9. The SMILES string of the molecule is NC(N)=NCCCC(NC(=O)C(N)CC(=O)O)C(=O)NC(Cc1ccc(O)cc1)C(=O)NC(CS)C(=O)O. The number of benzene rings is 1. The number of phenolic OH excluding ortho intramolecular Hbond substituents is 1. The van der Waals surface area contributed by atoms with E-state index in [2.05, 4.69) is 33.6 Å². The summed E-state index contributed by atoms with van der Waals surface area (Å²) in [6.45, 7) is 0.114. The van der Waals surface area contributed by atoms with E-state index in [-0.39, 0.29) is 43.3 Å². The number of thiol groups is 1. The van der Waals surface area contributed by atoms with Gasteiger partial charge >= 0.3 is 11.9 Å². The number of carboxylic acids is 2. The van der Waals surface area contributed by atoms with Crippen molar-refractivity contribution in [3.8, 4) is 5.75 Å². The minimum absolute atomic E-state index is 0.00388. The van der Waals surface area contributed by atoms with Crippen LogP contribution in [0.1, 0.15) is 24.8 Å². The standard InChI is InChI=1S/C22H33N7O8S/c23-13(9-17(31)32)18(33)27-14(2-1-7-26-22(24)25)19(34)28-15(8-11-3-5-12(30)6-4-11)20(35)29-16(10-38)21(36)37/h3-6,13-16,30,38H,1-2,7-10,23H2,(H,27,33)(H,28,34)(H,29,35)(H,31,32)(H,36,37)(H4,24,25,26). The van der Waals surface area contributed by atoms with Gasteiger partial charge in [0.25, 0.3) is 0 Å². The molecule has 1 aromatic rings. The van der Waals surface area contributed by atoms with Gasteiger partial charge in [-0.05, 0) is 30.5 Å². The van der Waals surface area contributed by atoms with Crippen molar-refractivity contribution in [2.24, 2.45) is 22.2 Å². The van der Waals surface area contributed by atoms with Crippen LogP contribution in [-0.4, -0.2) is 87.4 Å². The number of aromatic hydroxyl groups is 1. The van der Waals surface area contributed by atoms with Gasteiger partial charge in [-0.1, -0.05) is 12.1 Å². The van der Waals surface area contributed by atoms with Crippen LogP contribution in [0.2, 0.25) is 0 Å². The number of nitrogens with two attached hydrogens (primary N) is 3. The van der Waals surface area contributed by atoms with E-state index in [0.717, 1.165) is 0 Å². The zero-order chi connectivity index (χ0) is 28.8. The first kappa shape index (κ1) is 32.0. The maximum atomic E-state index is 13.2. The number of guanidine groups is 1. The van der Waals surface area contributed by atoms with Crippen molar-refractivity contribution < 1.29 is 39.3 Å². The van der Waals surface area contributed by atoms with Crippen LogP contribution < -0.4 is 33.2 Å². The van der Waals surface area contributed by atoms with Gasteiger partial charge in [-0.3, -0.25) is 24.2 Å². The van der Waals surface area contributed by atoms with Gasteiger partial charge in [-0.25, -0.2) is 4.79 Å². The Labute approximate surface area is 223 Å². The van der Waals surface area contributed by atoms with Gasteiger partial charge in [-0.15, -0.1) is 0 Å². The molecule has 12 N–H and O–H groups in total. The second-order valence-electron chi connectivity index (χ2n) is 8.23. The van der Waals surface area contributed by atoms with E-state index in [1.165, 1.54) is 24.3 Å². The number of carboxylic acid groups (broad SMARTS) is 2. The van der Waals surface area contributed by atoms with E-state index in [1.54, 1.807) is 0 Å². The van der Waals surface area contributed by atoms with Gasteiger partial charge in [0.2, 0.25) is 17.7 Å². The highest BCUT2D eigenvalue weighted by Crippen LogP contribution is 2.12. The number of amides is 3. The molecule has 1 rings (SSSR count). The van der Waals surface area contributed by atoms with Crippen molar-refractivity contribution in [2.75, 3.05) is 12.3 Å². The Morgan fingerprint density at radius 1 is 0.895 bits per heavy atom. The number of carbonyl (C=O) groups excluding carboxylic acids is 3. The lowest BCUT2D eigenvalue weighted by Gasteiger charge is -2.25. The maximum absolute atomic E-state index is 13.2. The number of rotatable bonds is 16. The molecule has 210 valence electrons. The third kappa shape index (κ3) is 11.8. The fourth-order valence-electron chi connectivity index (χ4n) is 3.14. The van der Waals surface area contributed by atoms with E-state index in [1.807, 2.05) is 0 Å². The van der Waals surface area contributed by atoms with Crippen molar-refractivity contribution in [1.82, 2.24) is 16.0 Å². The van der Waals surface area contributed by atoms with Crippen LogP contribution in [0.5, 0.6) is 5.75 Å². The molecule has 0 saturated heterocycles. The van der Waals surface area contributed by atoms with Crippen molar-refractivity contribution in [1.29, 1.82) is 0 Å². The van der Waals surface area contributed by atoms with Crippen molar-refractivity contribution >= 4 is 48.2 Å². The number of nitrogens with zero attached hydrogens (tertiary/aromatic N) is 1. The number of aliphatic imine (C=N–C) groups is 1. The molecule has 16 heteroatoms. The Morgan fingerprint density at radius 2 is 1.45 bits per heavy atom. The van der Waals surface area contributed by atoms with Crippen molar-refractivity contribution in [3.05, 3.63) is 29.8 Å². The van der Waals surface area contributed by atoms with E-state index in [0.29, 0.717) is 5.56 Å². The first-order valence-corrected chi connectivity index (χ1v) is 12.0. The first-order chi connectivity index (χ1) is 17.8. The fraction of sp³-hybridized carbons (Fsp3) is 0.455. The summed E-state index contributed by atoms with van der Waals surface area (Å²) in [4.78, 5) is 64.6. The number of phenols is 1. The van der Waals surface area contributed by atoms with E-state index < -0.39 is 60.2 Å². The molecular weight excluding hydrogens is 522 g/mol. The summed E-state index contributed by atoms with van der Waals surface area (Å²) in [6.07, 6.45) is -0.555. The Morgan fingerprint density at radius 3 is 1.97 bits per heavy atom. The van der Waals surface area contributed by atoms with Crippen LogP contribution in [0.25, 0.3) is 0 Å². The zero-order valence-electron chi connectivity index (χ0n) is 20.4. The van der Waals surface area contributed by atoms with Gasteiger partial charge in [0.1, 0.15) is 23.9 Å². The number of nitrogens with one attached hydrogen (secondary N) is 3. The second-order valence-corrected chi connectivity index (χ2v) is 8.59. The smallest absolute Gasteiger partial charge is 0.327 e. The van der Waals surface area contributed by atoms with E-state index >= 15 is 0 Å². The first-order valence-electron chi connectivity index (χ1n) is 11.4. The summed E-state index contributed by atoms with van der Waals surface area (Å²) in [5.41, 5.74) is 16.7. The summed E-state index contributed by atoms with van der Waals surface area (Å²) in [5, 5.41) is 34.8. The second kappa shape index (κ2) is 15.9. The predicted octanol–water partition coefficient (Wildman–Crippen LogP) is -2.74. The highest BCUT2D eigenvalue weighted by molar-refractivity contribution is 7.80. The molecule has 3 amide bonds. The van der Waals surface area contributed by atoms with Gasteiger partial charge in [-0.2, -0.15) is 12.6 Å². The third-order valence-electron chi connectivity index (χ3n) is 5.12. The molecule has 4 atom stereocenters. The summed E-state index contributed by atoms with van der Waals surface area (Å²) >= 11 is 3.91. The summed E-state index contributed by atoms with van der Waals surface area (Å²) in [5.74, 6) is -5.63. The lowest BCUT2D eigenvalue weighted by molar-refractivity contribution is -0.141. The molecule has 0 radical (unpaired) electrons. The third-order valence-corrected chi connectivity index (χ3v) is 5.48. The Bertz CT molecular complexity index is 1020. The molecule has 0 aliphatic heterocycles. The molecule has 0 fully saturated rings. The quantitative estimate of drug-likeness (QED) is 0.0432. The summed E-state index contributed by atoms with van der Waals surface area (Å²) in [7, 11) is 0.